The molecule has 3 N–H and O–H groups in total. The summed E-state index contributed by atoms with van der Waals surface area (Å²) in [7, 11) is 0. The third-order valence-electron chi connectivity index (χ3n) is 3.42. The predicted molar refractivity (Wildman–Crippen MR) is 81.1 cm³/mol. The average Bonchev–Trinajstić information content (AvgIpc) is 2.64. The molecular weight excluding hydrogens is 254 g/mol. The van der Waals surface area contributed by atoms with Gasteiger partial charge in [0, 0.05) is 31.8 Å². The highest BCUT2D eigenvalue weighted by Gasteiger charge is 2.18. The largest absolute Gasteiger partial charge is 0.397 e. The maximum Gasteiger partial charge on any atom is 0.251 e. The Labute approximate surface area is 120 Å². The first-order valence-electron chi connectivity index (χ1n) is 7.16. The van der Waals surface area contributed by atoms with Crippen LogP contribution in [0.5, 0.6) is 0 Å². The molecule has 1 unspecified atom stereocenters. The van der Waals surface area contributed by atoms with Crippen molar-refractivity contribution in [3.05, 3.63) is 23.8 Å². The maximum absolute atomic E-state index is 11.9. The van der Waals surface area contributed by atoms with Gasteiger partial charge in [0.05, 0.1) is 17.5 Å². The molecule has 1 aliphatic heterocycles. The van der Waals surface area contributed by atoms with Gasteiger partial charge < -0.3 is 20.7 Å². The van der Waals surface area contributed by atoms with E-state index in [2.05, 4.69) is 17.1 Å². The van der Waals surface area contributed by atoms with Gasteiger partial charge in [0.2, 0.25) is 0 Å². The number of nitrogens with zero attached hydrogens (tertiary/aromatic N) is 1. The number of hydrogen-bond donors (Lipinski definition) is 2. The third kappa shape index (κ3) is 3.42. The first kappa shape index (κ1) is 14.7. The van der Waals surface area contributed by atoms with E-state index in [0.29, 0.717) is 17.8 Å². The van der Waals surface area contributed by atoms with Gasteiger partial charge in [-0.1, -0.05) is 0 Å². The van der Waals surface area contributed by atoms with Crippen molar-refractivity contribution in [1.82, 2.24) is 5.32 Å². The predicted octanol–water partition coefficient (Wildman–Crippen LogP) is 1.63. The molecule has 0 spiro atoms. The number of rotatable bonds is 3. The summed E-state index contributed by atoms with van der Waals surface area (Å²) in [6.45, 7) is 7.04. The highest BCUT2D eigenvalue weighted by molar-refractivity contribution is 5.96. The van der Waals surface area contributed by atoms with E-state index in [1.165, 1.54) is 0 Å². The van der Waals surface area contributed by atoms with Gasteiger partial charge in [0.25, 0.3) is 5.91 Å². The monoisotopic (exact) mass is 277 g/mol. The summed E-state index contributed by atoms with van der Waals surface area (Å²) in [5.74, 6) is -0.0622. The molecule has 0 radical (unpaired) electrons. The molecule has 1 heterocycles. The summed E-state index contributed by atoms with van der Waals surface area (Å²) in [5.41, 5.74) is 8.35. The van der Waals surface area contributed by atoms with Crippen LogP contribution >= 0.6 is 0 Å². The number of benzene rings is 1. The number of ether oxygens (including phenoxy) is 1. The highest BCUT2D eigenvalue weighted by atomic mass is 16.5. The van der Waals surface area contributed by atoms with Crippen LogP contribution in [0.1, 0.15) is 30.6 Å². The van der Waals surface area contributed by atoms with Crippen molar-refractivity contribution in [2.45, 2.75) is 26.4 Å². The minimum atomic E-state index is -0.0622. The van der Waals surface area contributed by atoms with E-state index in [-0.39, 0.29) is 12.0 Å². The molecule has 0 aromatic heterocycles. The quantitative estimate of drug-likeness (QED) is 0.824. The number of hydrogen-bond acceptors (Lipinski definition) is 4. The Hall–Kier alpha value is -1.75. The zero-order valence-electron chi connectivity index (χ0n) is 12.2. The van der Waals surface area contributed by atoms with Crippen molar-refractivity contribution >= 4 is 17.3 Å². The second kappa shape index (κ2) is 6.61. The molecule has 1 aromatic rings. The number of amides is 1. The van der Waals surface area contributed by atoms with Gasteiger partial charge in [0.1, 0.15) is 0 Å². The van der Waals surface area contributed by atoms with Crippen LogP contribution in [0.2, 0.25) is 0 Å². The van der Waals surface area contributed by atoms with Crippen molar-refractivity contribution in [1.29, 1.82) is 0 Å². The van der Waals surface area contributed by atoms with Crippen molar-refractivity contribution in [2.75, 3.05) is 36.9 Å². The normalized spacial score (nSPS) is 19.5. The Kier molecular flexibility index (Phi) is 4.84. The van der Waals surface area contributed by atoms with Crippen LogP contribution in [0.25, 0.3) is 0 Å². The molecule has 1 aliphatic rings. The molecule has 0 aliphatic carbocycles. The second-order valence-corrected chi connectivity index (χ2v) is 5.11. The highest BCUT2D eigenvalue weighted by Crippen LogP contribution is 2.26. The topological polar surface area (TPSA) is 67.6 Å². The summed E-state index contributed by atoms with van der Waals surface area (Å²) in [6, 6.07) is 5.44. The number of nitrogens with one attached hydrogen (secondary N) is 1. The number of nitrogens with two attached hydrogens (primary N) is 1. The van der Waals surface area contributed by atoms with Crippen LogP contribution in [0.15, 0.2) is 18.2 Å². The number of carbonyl (C=O) groups is 1. The molecular formula is C15H23N3O2. The summed E-state index contributed by atoms with van der Waals surface area (Å²) in [4.78, 5) is 14.1. The molecule has 0 bridgehead atoms. The van der Waals surface area contributed by atoms with Gasteiger partial charge in [-0.05, 0) is 38.5 Å². The summed E-state index contributed by atoms with van der Waals surface area (Å²) in [5, 5.41) is 2.81. The van der Waals surface area contributed by atoms with Gasteiger partial charge in [-0.25, -0.2) is 0 Å². The smallest absolute Gasteiger partial charge is 0.251 e. The lowest BCUT2D eigenvalue weighted by Crippen LogP contribution is -2.31. The standard InChI is InChI=1S/C15H23N3O2/c1-3-17-15(19)12-5-6-13(16)14(9-12)18-7-4-8-20-11(2)10-18/h5-6,9,11H,3-4,7-8,10,16H2,1-2H3,(H,17,19). The molecule has 1 amide bonds. The van der Waals surface area contributed by atoms with Crippen LogP contribution in [-0.4, -0.2) is 38.3 Å². The van der Waals surface area contributed by atoms with Gasteiger partial charge in [-0.15, -0.1) is 0 Å². The first-order chi connectivity index (χ1) is 9.61. The molecule has 5 heteroatoms. The maximum atomic E-state index is 11.9. The van der Waals surface area contributed by atoms with Crippen LogP contribution in [0.3, 0.4) is 0 Å². The van der Waals surface area contributed by atoms with E-state index in [4.69, 9.17) is 10.5 Å². The van der Waals surface area contributed by atoms with Gasteiger partial charge in [-0.3, -0.25) is 4.79 Å². The van der Waals surface area contributed by atoms with Gasteiger partial charge in [-0.2, -0.15) is 0 Å². The molecule has 1 fully saturated rings. The molecule has 110 valence electrons. The van der Waals surface area contributed by atoms with Crippen LogP contribution in [0.4, 0.5) is 11.4 Å². The van der Waals surface area contributed by atoms with Crippen molar-refractivity contribution < 1.29 is 9.53 Å². The first-order valence-corrected chi connectivity index (χ1v) is 7.16. The SMILES string of the molecule is CCNC(=O)c1ccc(N)c(N2CCCOC(C)C2)c1. The van der Waals surface area contributed by atoms with E-state index in [0.717, 1.165) is 31.8 Å². The zero-order valence-corrected chi connectivity index (χ0v) is 12.2. The molecule has 1 atom stereocenters. The summed E-state index contributed by atoms with van der Waals surface area (Å²) in [6.07, 6.45) is 1.14. The van der Waals surface area contributed by atoms with Crippen LogP contribution in [0, 0.1) is 0 Å². The van der Waals surface area contributed by atoms with Gasteiger partial charge in [0.15, 0.2) is 0 Å². The second-order valence-electron chi connectivity index (χ2n) is 5.11. The Morgan fingerprint density at radius 2 is 2.35 bits per heavy atom. The zero-order chi connectivity index (χ0) is 14.5. The van der Waals surface area contributed by atoms with E-state index in [9.17, 15) is 4.79 Å². The van der Waals surface area contributed by atoms with Crippen LogP contribution in [-0.2, 0) is 4.74 Å². The minimum absolute atomic E-state index is 0.0622. The average molecular weight is 277 g/mol. The fraction of sp³-hybridized carbons (Fsp3) is 0.533. The molecule has 1 aromatic carbocycles. The fourth-order valence-electron chi connectivity index (χ4n) is 2.43. The molecule has 0 saturated carbocycles. The molecule has 2 rings (SSSR count). The lowest BCUT2D eigenvalue weighted by Gasteiger charge is -2.26. The van der Waals surface area contributed by atoms with E-state index >= 15 is 0 Å². The fourth-order valence-corrected chi connectivity index (χ4v) is 2.43. The van der Waals surface area contributed by atoms with E-state index in [1.54, 1.807) is 12.1 Å². The van der Waals surface area contributed by atoms with E-state index < -0.39 is 0 Å². The summed E-state index contributed by atoms with van der Waals surface area (Å²) < 4.78 is 5.65. The van der Waals surface area contributed by atoms with Crippen molar-refractivity contribution in [3.8, 4) is 0 Å². The third-order valence-corrected chi connectivity index (χ3v) is 3.42. The van der Waals surface area contributed by atoms with Crippen LogP contribution < -0.4 is 16.0 Å². The number of anilines is 2. The van der Waals surface area contributed by atoms with Crippen molar-refractivity contribution in [2.24, 2.45) is 0 Å². The molecule has 20 heavy (non-hydrogen) atoms. The Bertz CT molecular complexity index is 476. The van der Waals surface area contributed by atoms with E-state index in [1.807, 2.05) is 13.0 Å². The summed E-state index contributed by atoms with van der Waals surface area (Å²) >= 11 is 0. The molecule has 1 saturated heterocycles. The Morgan fingerprint density at radius 3 is 3.10 bits per heavy atom. The van der Waals surface area contributed by atoms with Gasteiger partial charge >= 0.3 is 0 Å². The lowest BCUT2D eigenvalue weighted by molar-refractivity contribution is 0.0821. The minimum Gasteiger partial charge on any atom is -0.397 e. The molecule has 5 nitrogen and oxygen atoms in total. The Morgan fingerprint density at radius 1 is 1.55 bits per heavy atom. The lowest BCUT2D eigenvalue weighted by atomic mass is 10.1. The number of nitrogen functional groups attached to an aromatic ring is 1. The Balaban J connectivity index is 2.25. The number of carbonyl (C=O) groups excluding carboxylic acids is 1. The van der Waals surface area contributed by atoms with Crippen molar-refractivity contribution in [3.63, 3.8) is 0 Å².